The maximum atomic E-state index is 14.3. The maximum Gasteiger partial charge on any atom is 0.273 e. The second-order valence-corrected chi connectivity index (χ2v) is 12.9. The Morgan fingerprint density at radius 1 is 0.975 bits per heavy atom. The number of ether oxygens (including phenoxy) is 1. The Morgan fingerprint density at radius 3 is 2.35 bits per heavy atom. The average Bonchev–Trinajstić information content (AvgIpc) is 3.60. The number of aromatic nitrogens is 2. The molecule has 1 saturated heterocycles. The number of carbonyl (C=O) groups excluding carboxylic acids is 1. The van der Waals surface area contributed by atoms with Crippen LogP contribution in [0, 0.1) is 6.92 Å². The Bertz CT molecular complexity index is 1630. The highest BCUT2D eigenvalue weighted by Gasteiger charge is 2.46. The summed E-state index contributed by atoms with van der Waals surface area (Å²) in [6.07, 6.45) is 1.37. The van der Waals surface area contributed by atoms with Crippen LogP contribution < -0.4 is 4.74 Å². The lowest BCUT2D eigenvalue weighted by atomic mass is 9.95. The van der Waals surface area contributed by atoms with Gasteiger partial charge in [0, 0.05) is 17.7 Å². The number of aryl methyl sites for hydroxylation is 1. The summed E-state index contributed by atoms with van der Waals surface area (Å²) in [6.45, 7) is 5.16. The van der Waals surface area contributed by atoms with E-state index in [9.17, 15) is 13.2 Å². The van der Waals surface area contributed by atoms with E-state index in [-0.39, 0.29) is 29.5 Å². The van der Waals surface area contributed by atoms with Crippen LogP contribution >= 0.6 is 0 Å². The molecule has 1 amide bonds. The van der Waals surface area contributed by atoms with Crippen LogP contribution in [0.4, 0.5) is 0 Å². The van der Waals surface area contributed by atoms with Crippen molar-refractivity contribution in [3.63, 3.8) is 0 Å². The number of nitrogens with zero attached hydrogens (tertiary/aromatic N) is 3. The van der Waals surface area contributed by atoms with Crippen molar-refractivity contribution in [3.8, 4) is 17.0 Å². The summed E-state index contributed by atoms with van der Waals surface area (Å²) in [6, 6.07) is 25.3. The highest BCUT2D eigenvalue weighted by Crippen LogP contribution is 2.46. The third-order valence-corrected chi connectivity index (χ3v) is 9.49. The van der Waals surface area contributed by atoms with Crippen molar-refractivity contribution in [1.29, 1.82) is 0 Å². The minimum atomic E-state index is -3.18. The minimum absolute atomic E-state index is 0.00540. The first-order valence-corrected chi connectivity index (χ1v) is 15.6. The fraction of sp³-hybridized carbons (Fsp3) is 0.312. The highest BCUT2D eigenvalue weighted by atomic mass is 32.2. The number of sulfone groups is 1. The largest absolute Gasteiger partial charge is 0.494 e. The molecule has 2 aliphatic rings. The third-order valence-electron chi connectivity index (χ3n) is 7.74. The van der Waals surface area contributed by atoms with Gasteiger partial charge in [-0.15, -0.1) is 0 Å². The highest BCUT2D eigenvalue weighted by molar-refractivity contribution is 7.91. The zero-order valence-electron chi connectivity index (χ0n) is 22.8. The van der Waals surface area contributed by atoms with Gasteiger partial charge in [0.1, 0.15) is 11.4 Å². The van der Waals surface area contributed by atoms with Gasteiger partial charge < -0.3 is 9.64 Å². The summed E-state index contributed by atoms with van der Waals surface area (Å²) in [4.78, 5) is 16.2. The monoisotopic (exact) mass is 555 g/mol. The molecule has 206 valence electrons. The van der Waals surface area contributed by atoms with Gasteiger partial charge in [0.2, 0.25) is 0 Å². The molecule has 8 heteroatoms. The Kier molecular flexibility index (Phi) is 6.96. The zero-order valence-corrected chi connectivity index (χ0v) is 23.6. The number of amides is 1. The lowest BCUT2D eigenvalue weighted by Crippen LogP contribution is -2.30. The van der Waals surface area contributed by atoms with Gasteiger partial charge in [-0.3, -0.25) is 9.48 Å². The van der Waals surface area contributed by atoms with E-state index >= 15 is 0 Å². The van der Waals surface area contributed by atoms with Crippen LogP contribution in [0.2, 0.25) is 0 Å². The molecule has 0 N–H and O–H groups in total. The molecule has 2 atom stereocenters. The Morgan fingerprint density at radius 2 is 1.70 bits per heavy atom. The SMILES string of the molecule is CCCOc1ccc([C@H]2c3c(-c4ccc(C)cc4)nn([C@H]4CCS(=O)(=O)C4)c3C(=O)N2Cc2ccccc2)cc1. The van der Waals surface area contributed by atoms with Crippen LogP contribution in [-0.4, -0.2) is 47.1 Å². The lowest BCUT2D eigenvalue weighted by Gasteiger charge is -2.27. The summed E-state index contributed by atoms with van der Waals surface area (Å²) in [5.74, 6) is 0.756. The fourth-order valence-electron chi connectivity index (χ4n) is 5.74. The molecular weight excluding hydrogens is 522 g/mol. The molecule has 0 bridgehead atoms. The summed E-state index contributed by atoms with van der Waals surface area (Å²) in [5, 5.41) is 4.99. The quantitative estimate of drug-likeness (QED) is 0.276. The first-order chi connectivity index (χ1) is 19.3. The molecule has 0 aliphatic carbocycles. The number of hydrogen-bond donors (Lipinski definition) is 0. The Balaban J connectivity index is 1.52. The minimum Gasteiger partial charge on any atom is -0.494 e. The smallest absolute Gasteiger partial charge is 0.273 e. The van der Waals surface area contributed by atoms with Crippen LogP contribution in [0.25, 0.3) is 11.3 Å². The van der Waals surface area contributed by atoms with E-state index in [4.69, 9.17) is 9.84 Å². The van der Waals surface area contributed by atoms with E-state index < -0.39 is 9.84 Å². The number of carbonyl (C=O) groups is 1. The fourth-order valence-corrected chi connectivity index (χ4v) is 7.43. The normalized spacial score (nSPS) is 19.6. The molecule has 6 rings (SSSR count). The first-order valence-electron chi connectivity index (χ1n) is 13.8. The average molecular weight is 556 g/mol. The molecule has 0 unspecified atom stereocenters. The van der Waals surface area contributed by atoms with Gasteiger partial charge in [0.25, 0.3) is 5.91 Å². The molecule has 0 spiro atoms. The topological polar surface area (TPSA) is 81.5 Å². The molecule has 3 aromatic carbocycles. The molecule has 4 aromatic rings. The molecule has 0 radical (unpaired) electrons. The van der Waals surface area contributed by atoms with E-state index in [1.165, 1.54) is 0 Å². The Labute approximate surface area is 235 Å². The summed E-state index contributed by atoms with van der Waals surface area (Å²) >= 11 is 0. The van der Waals surface area contributed by atoms with E-state index in [2.05, 4.69) is 6.92 Å². The molecule has 2 aliphatic heterocycles. The van der Waals surface area contributed by atoms with Gasteiger partial charge in [-0.2, -0.15) is 5.10 Å². The molecule has 1 fully saturated rings. The predicted molar refractivity (Wildman–Crippen MR) is 155 cm³/mol. The van der Waals surface area contributed by atoms with E-state index in [1.54, 1.807) is 4.68 Å². The zero-order chi connectivity index (χ0) is 27.9. The third kappa shape index (κ3) is 4.92. The van der Waals surface area contributed by atoms with Crippen LogP contribution in [0.1, 0.15) is 64.6 Å². The number of rotatable bonds is 8. The van der Waals surface area contributed by atoms with Crippen LogP contribution in [0.3, 0.4) is 0 Å². The number of fused-ring (bicyclic) bond motifs is 1. The lowest BCUT2D eigenvalue weighted by molar-refractivity contribution is 0.0722. The van der Waals surface area contributed by atoms with Gasteiger partial charge in [0.05, 0.1) is 35.9 Å². The molecule has 0 saturated carbocycles. The summed E-state index contributed by atoms with van der Waals surface area (Å²) in [7, 11) is -3.18. The van der Waals surface area contributed by atoms with Gasteiger partial charge in [-0.05, 0) is 43.0 Å². The summed E-state index contributed by atoms with van der Waals surface area (Å²) in [5.41, 5.74) is 6.06. The number of benzene rings is 3. The van der Waals surface area contributed by atoms with Crippen molar-refractivity contribution < 1.29 is 17.9 Å². The van der Waals surface area contributed by atoms with Crippen LogP contribution in [0.5, 0.6) is 5.75 Å². The maximum absolute atomic E-state index is 14.3. The van der Waals surface area contributed by atoms with Crippen molar-refractivity contribution in [3.05, 3.63) is 107 Å². The standard InChI is InChI=1S/C32H33N3O4S/c1-3-18-39-27-15-13-25(14-16-27)30-28-29(24-11-9-22(2)10-12-24)33-35(26-17-19-40(37,38)21-26)31(28)32(36)34(30)20-23-7-5-4-6-8-23/h4-16,26,30H,3,17-21H2,1-2H3/t26-,30-/m0/s1. The van der Waals surface area contributed by atoms with Crippen LogP contribution in [-0.2, 0) is 16.4 Å². The van der Waals surface area contributed by atoms with E-state index in [0.717, 1.165) is 45.7 Å². The van der Waals surface area contributed by atoms with Crippen LogP contribution in [0.15, 0.2) is 78.9 Å². The van der Waals surface area contributed by atoms with E-state index in [1.807, 2.05) is 90.7 Å². The molecule has 1 aromatic heterocycles. The van der Waals surface area contributed by atoms with Gasteiger partial charge >= 0.3 is 0 Å². The number of hydrogen-bond acceptors (Lipinski definition) is 5. The van der Waals surface area contributed by atoms with Crippen molar-refractivity contribution in [1.82, 2.24) is 14.7 Å². The summed E-state index contributed by atoms with van der Waals surface area (Å²) < 4.78 is 32.5. The van der Waals surface area contributed by atoms with Crippen molar-refractivity contribution in [2.75, 3.05) is 18.1 Å². The van der Waals surface area contributed by atoms with Gasteiger partial charge in [-0.25, -0.2) is 8.42 Å². The van der Waals surface area contributed by atoms with Crippen molar-refractivity contribution >= 4 is 15.7 Å². The Hall–Kier alpha value is -3.91. The second kappa shape index (κ2) is 10.6. The molecule has 7 nitrogen and oxygen atoms in total. The molecule has 40 heavy (non-hydrogen) atoms. The first kappa shape index (κ1) is 26.3. The second-order valence-electron chi connectivity index (χ2n) is 10.7. The van der Waals surface area contributed by atoms with E-state index in [0.29, 0.717) is 25.3 Å². The van der Waals surface area contributed by atoms with Crippen molar-refractivity contribution in [2.24, 2.45) is 0 Å². The van der Waals surface area contributed by atoms with Gasteiger partial charge in [0.15, 0.2) is 9.84 Å². The van der Waals surface area contributed by atoms with Gasteiger partial charge in [-0.1, -0.05) is 79.2 Å². The van der Waals surface area contributed by atoms with Crippen molar-refractivity contribution in [2.45, 2.75) is 45.3 Å². The molecular formula is C32H33N3O4S. The predicted octanol–water partition coefficient (Wildman–Crippen LogP) is 5.75. The molecule has 3 heterocycles.